The Morgan fingerprint density at radius 3 is 2.89 bits per heavy atom. The number of hydrogen-bond acceptors (Lipinski definition) is 5. The van der Waals surface area contributed by atoms with Crippen molar-refractivity contribution in [2.75, 3.05) is 6.54 Å². The lowest BCUT2D eigenvalue weighted by atomic mass is 9.99. The highest BCUT2D eigenvalue weighted by Gasteiger charge is 2.33. The van der Waals surface area contributed by atoms with E-state index < -0.39 is 0 Å². The molecule has 1 aliphatic heterocycles. The zero-order valence-electron chi connectivity index (χ0n) is 15.1. The molecule has 7 heteroatoms. The number of nitrogens with zero attached hydrogens (tertiary/aromatic N) is 4. The molecule has 1 saturated carbocycles. The van der Waals surface area contributed by atoms with Crippen molar-refractivity contribution >= 4 is 34.9 Å². The van der Waals surface area contributed by atoms with E-state index in [9.17, 15) is 0 Å². The van der Waals surface area contributed by atoms with Gasteiger partial charge >= 0.3 is 0 Å². The normalized spacial score (nSPS) is 19.9. The van der Waals surface area contributed by atoms with Crippen molar-refractivity contribution < 1.29 is 0 Å². The SMILES string of the molecule is C=CCn1c(C2CC2)nn(CN2CCc3sccc3C2c2cccs2)c1=S. The summed E-state index contributed by atoms with van der Waals surface area (Å²) < 4.78 is 5.02. The molecule has 0 bridgehead atoms. The number of hydrogen-bond donors (Lipinski definition) is 0. The Kier molecular flexibility index (Phi) is 4.63. The molecule has 4 heterocycles. The molecule has 0 radical (unpaired) electrons. The van der Waals surface area contributed by atoms with Crippen LogP contribution in [0.3, 0.4) is 0 Å². The van der Waals surface area contributed by atoms with Gasteiger partial charge in [-0.2, -0.15) is 5.10 Å². The number of aromatic nitrogens is 3. The van der Waals surface area contributed by atoms with Gasteiger partial charge in [0, 0.05) is 28.8 Å². The summed E-state index contributed by atoms with van der Waals surface area (Å²) >= 11 is 9.51. The summed E-state index contributed by atoms with van der Waals surface area (Å²) in [4.78, 5) is 5.44. The predicted molar refractivity (Wildman–Crippen MR) is 114 cm³/mol. The lowest BCUT2D eigenvalue weighted by Gasteiger charge is -2.35. The summed E-state index contributed by atoms with van der Waals surface area (Å²) in [5.74, 6) is 1.71. The number of rotatable bonds is 6. The molecular formula is C20H22N4S3. The number of allylic oxidation sites excluding steroid dienone is 1. The van der Waals surface area contributed by atoms with Crippen LogP contribution in [0.5, 0.6) is 0 Å². The summed E-state index contributed by atoms with van der Waals surface area (Å²) in [5, 5.41) is 9.33. The van der Waals surface area contributed by atoms with Crippen LogP contribution in [0.25, 0.3) is 0 Å². The van der Waals surface area contributed by atoms with E-state index >= 15 is 0 Å². The van der Waals surface area contributed by atoms with Crippen LogP contribution >= 0.6 is 34.9 Å². The van der Waals surface area contributed by atoms with Gasteiger partial charge in [-0.25, -0.2) is 4.68 Å². The van der Waals surface area contributed by atoms with Crippen molar-refractivity contribution in [3.8, 4) is 0 Å². The zero-order chi connectivity index (χ0) is 18.4. The van der Waals surface area contributed by atoms with Crippen molar-refractivity contribution in [1.29, 1.82) is 0 Å². The molecule has 0 amide bonds. The third kappa shape index (κ3) is 3.16. The first-order valence-corrected chi connectivity index (χ1v) is 11.5. The fourth-order valence-electron chi connectivity index (χ4n) is 3.97. The smallest absolute Gasteiger partial charge is 0.199 e. The van der Waals surface area contributed by atoms with Gasteiger partial charge in [-0.3, -0.25) is 9.47 Å². The summed E-state index contributed by atoms with van der Waals surface area (Å²) in [6.45, 7) is 6.41. The molecule has 1 atom stereocenters. The topological polar surface area (TPSA) is 26.0 Å². The number of thiophene rings is 2. The van der Waals surface area contributed by atoms with Crippen LogP contribution in [0, 0.1) is 4.77 Å². The van der Waals surface area contributed by atoms with E-state index in [0.717, 1.165) is 36.8 Å². The molecule has 0 aromatic carbocycles. The monoisotopic (exact) mass is 414 g/mol. The molecule has 1 unspecified atom stereocenters. The Balaban J connectivity index is 1.51. The van der Waals surface area contributed by atoms with E-state index in [1.807, 2.05) is 33.4 Å². The minimum atomic E-state index is 0.302. The molecule has 4 nitrogen and oxygen atoms in total. The van der Waals surface area contributed by atoms with E-state index in [1.54, 1.807) is 0 Å². The van der Waals surface area contributed by atoms with E-state index in [4.69, 9.17) is 17.3 Å². The highest BCUT2D eigenvalue weighted by atomic mass is 32.1. The maximum absolute atomic E-state index is 5.79. The molecule has 3 aromatic rings. The summed E-state index contributed by atoms with van der Waals surface area (Å²) in [6.07, 6.45) is 5.47. The Morgan fingerprint density at radius 2 is 2.15 bits per heavy atom. The Hall–Kier alpha value is -1.54. The van der Waals surface area contributed by atoms with Crippen molar-refractivity contribution in [3.63, 3.8) is 0 Å². The van der Waals surface area contributed by atoms with Gasteiger partial charge in [0.25, 0.3) is 0 Å². The van der Waals surface area contributed by atoms with Crippen molar-refractivity contribution in [2.24, 2.45) is 0 Å². The van der Waals surface area contributed by atoms with Crippen LogP contribution in [0.1, 0.15) is 45.9 Å². The third-order valence-corrected chi connectivity index (χ3v) is 7.75. The molecule has 3 aromatic heterocycles. The number of fused-ring (bicyclic) bond motifs is 1. The quantitative estimate of drug-likeness (QED) is 0.409. The van der Waals surface area contributed by atoms with E-state index in [2.05, 4.69) is 45.0 Å². The first-order chi connectivity index (χ1) is 13.3. The average Bonchev–Trinajstić information content (AvgIpc) is 3.07. The summed E-state index contributed by atoms with van der Waals surface area (Å²) in [5.41, 5.74) is 1.45. The van der Waals surface area contributed by atoms with E-state index in [1.165, 1.54) is 28.2 Å². The first kappa shape index (κ1) is 17.6. The predicted octanol–water partition coefficient (Wildman–Crippen LogP) is 5.21. The fourth-order valence-corrected chi connectivity index (χ4v) is 6.01. The van der Waals surface area contributed by atoms with Gasteiger partial charge < -0.3 is 0 Å². The van der Waals surface area contributed by atoms with E-state index in [0.29, 0.717) is 12.0 Å². The molecule has 27 heavy (non-hydrogen) atoms. The van der Waals surface area contributed by atoms with Crippen LogP contribution in [-0.2, 0) is 19.6 Å². The minimum absolute atomic E-state index is 0.302. The lowest BCUT2D eigenvalue weighted by molar-refractivity contribution is 0.158. The van der Waals surface area contributed by atoms with Crippen LogP contribution in [0.15, 0.2) is 41.6 Å². The maximum Gasteiger partial charge on any atom is 0.199 e. The highest BCUT2D eigenvalue weighted by molar-refractivity contribution is 7.71. The molecule has 0 spiro atoms. The van der Waals surface area contributed by atoms with Crippen molar-refractivity contribution in [1.82, 2.24) is 19.2 Å². The largest absolute Gasteiger partial charge is 0.300 e. The van der Waals surface area contributed by atoms with Crippen LogP contribution in [0.4, 0.5) is 0 Å². The molecule has 5 rings (SSSR count). The molecule has 0 N–H and O–H groups in total. The van der Waals surface area contributed by atoms with Gasteiger partial charge in [0.1, 0.15) is 5.82 Å². The van der Waals surface area contributed by atoms with Gasteiger partial charge in [-0.1, -0.05) is 12.1 Å². The molecular weight excluding hydrogens is 392 g/mol. The average molecular weight is 415 g/mol. The summed E-state index contributed by atoms with van der Waals surface area (Å²) in [6, 6.07) is 6.99. The zero-order valence-corrected chi connectivity index (χ0v) is 17.5. The highest BCUT2D eigenvalue weighted by Crippen LogP contribution is 2.41. The molecule has 1 aliphatic carbocycles. The fraction of sp³-hybridized carbons (Fsp3) is 0.400. The lowest BCUT2D eigenvalue weighted by Crippen LogP contribution is -2.36. The molecule has 140 valence electrons. The van der Waals surface area contributed by atoms with Gasteiger partial charge in [-0.05, 0) is 59.9 Å². The molecule has 1 fully saturated rings. The minimum Gasteiger partial charge on any atom is -0.300 e. The van der Waals surface area contributed by atoms with Crippen LogP contribution in [-0.4, -0.2) is 25.8 Å². The van der Waals surface area contributed by atoms with Gasteiger partial charge in [0.15, 0.2) is 4.77 Å². The maximum atomic E-state index is 5.79. The first-order valence-electron chi connectivity index (χ1n) is 9.38. The second-order valence-corrected chi connectivity index (χ2v) is 9.58. The Labute approximate surface area is 172 Å². The van der Waals surface area contributed by atoms with Crippen LogP contribution < -0.4 is 0 Å². The molecule has 0 saturated heterocycles. The second-order valence-electron chi connectivity index (χ2n) is 7.23. The standard InChI is InChI=1S/C20H22N4S3/c1-2-9-23-19(14-5-6-14)21-24(20(23)25)13-22-10-7-16-15(8-12-27-16)18(22)17-4-3-11-26-17/h2-4,8,11-12,14,18H,1,5-7,9-10,13H2. The second kappa shape index (κ2) is 7.13. The molecule has 2 aliphatic rings. The Bertz CT molecular complexity index is 1010. The van der Waals surface area contributed by atoms with Crippen molar-refractivity contribution in [3.05, 3.63) is 67.5 Å². The van der Waals surface area contributed by atoms with Gasteiger partial charge in [-0.15, -0.1) is 29.3 Å². The van der Waals surface area contributed by atoms with Gasteiger partial charge in [0.2, 0.25) is 0 Å². The van der Waals surface area contributed by atoms with Gasteiger partial charge in [0.05, 0.1) is 12.7 Å². The van der Waals surface area contributed by atoms with E-state index in [-0.39, 0.29) is 0 Å². The Morgan fingerprint density at radius 1 is 1.26 bits per heavy atom. The van der Waals surface area contributed by atoms with Crippen LogP contribution in [0.2, 0.25) is 0 Å². The third-order valence-electron chi connectivity index (χ3n) is 5.40. The van der Waals surface area contributed by atoms with Crippen molar-refractivity contribution in [2.45, 2.75) is 44.4 Å². The summed E-state index contributed by atoms with van der Waals surface area (Å²) in [7, 11) is 0.